The van der Waals surface area contributed by atoms with E-state index in [0.29, 0.717) is 12.4 Å². The zero-order valence-electron chi connectivity index (χ0n) is 12.9. The number of hydrogen-bond acceptors (Lipinski definition) is 6. The second kappa shape index (κ2) is 7.67. The molecule has 1 rings (SSSR count). The SMILES string of the molecule is CCNc1ncnc(NC(C)C(=O)OCC)c1C(C)C. The van der Waals surface area contributed by atoms with Crippen LogP contribution in [0.25, 0.3) is 0 Å². The second-order valence-corrected chi connectivity index (χ2v) is 4.79. The average Bonchev–Trinajstić information content (AvgIpc) is 2.39. The average molecular weight is 280 g/mol. The molecular formula is C14H24N4O2. The minimum Gasteiger partial charge on any atom is -0.464 e. The van der Waals surface area contributed by atoms with Crippen molar-refractivity contribution in [2.75, 3.05) is 23.8 Å². The van der Waals surface area contributed by atoms with Crippen LogP contribution in [0.5, 0.6) is 0 Å². The maximum Gasteiger partial charge on any atom is 0.328 e. The quantitative estimate of drug-likeness (QED) is 0.747. The number of ether oxygens (including phenoxy) is 1. The van der Waals surface area contributed by atoms with Gasteiger partial charge >= 0.3 is 5.97 Å². The second-order valence-electron chi connectivity index (χ2n) is 4.79. The van der Waals surface area contributed by atoms with Crippen LogP contribution in [-0.4, -0.2) is 35.1 Å². The molecule has 0 saturated carbocycles. The normalized spacial score (nSPS) is 12.1. The lowest BCUT2D eigenvalue weighted by atomic mass is 10.0. The maximum atomic E-state index is 11.7. The molecule has 2 N–H and O–H groups in total. The number of anilines is 2. The number of carbonyl (C=O) groups is 1. The summed E-state index contributed by atoms with van der Waals surface area (Å²) in [7, 11) is 0. The Hall–Kier alpha value is -1.85. The summed E-state index contributed by atoms with van der Waals surface area (Å²) in [5.41, 5.74) is 0.977. The Balaban J connectivity index is 2.99. The molecule has 1 aromatic rings. The van der Waals surface area contributed by atoms with Crippen LogP contribution in [-0.2, 0) is 9.53 Å². The van der Waals surface area contributed by atoms with Crippen LogP contribution in [0, 0.1) is 0 Å². The number of hydrogen-bond donors (Lipinski definition) is 2. The van der Waals surface area contributed by atoms with Gasteiger partial charge in [-0.15, -0.1) is 0 Å². The molecular weight excluding hydrogens is 256 g/mol. The molecule has 0 radical (unpaired) electrons. The number of rotatable bonds is 7. The fourth-order valence-corrected chi connectivity index (χ4v) is 1.90. The lowest BCUT2D eigenvalue weighted by molar-refractivity contribution is -0.143. The summed E-state index contributed by atoms with van der Waals surface area (Å²) in [5.74, 6) is 1.43. The highest BCUT2D eigenvalue weighted by molar-refractivity contribution is 5.79. The molecule has 0 spiro atoms. The highest BCUT2D eigenvalue weighted by Gasteiger charge is 2.19. The van der Waals surface area contributed by atoms with Crippen LogP contribution in [0.2, 0.25) is 0 Å². The van der Waals surface area contributed by atoms with Crippen LogP contribution >= 0.6 is 0 Å². The van der Waals surface area contributed by atoms with Gasteiger partial charge in [-0.3, -0.25) is 0 Å². The van der Waals surface area contributed by atoms with Crippen LogP contribution in [0.1, 0.15) is 46.1 Å². The summed E-state index contributed by atoms with van der Waals surface area (Å²) in [6.45, 7) is 10.9. The van der Waals surface area contributed by atoms with Crippen molar-refractivity contribution in [1.82, 2.24) is 9.97 Å². The summed E-state index contributed by atoms with van der Waals surface area (Å²) < 4.78 is 4.99. The predicted octanol–water partition coefficient (Wildman–Crippen LogP) is 2.40. The van der Waals surface area contributed by atoms with Crippen LogP contribution in [0.4, 0.5) is 11.6 Å². The Morgan fingerprint density at radius 1 is 1.25 bits per heavy atom. The van der Waals surface area contributed by atoms with E-state index in [4.69, 9.17) is 4.74 Å². The molecule has 20 heavy (non-hydrogen) atoms. The van der Waals surface area contributed by atoms with Crippen molar-refractivity contribution in [1.29, 1.82) is 0 Å². The first kappa shape index (κ1) is 16.2. The van der Waals surface area contributed by atoms with Crippen LogP contribution in [0.15, 0.2) is 6.33 Å². The zero-order chi connectivity index (χ0) is 15.1. The van der Waals surface area contributed by atoms with E-state index in [2.05, 4.69) is 34.4 Å². The Bertz CT molecular complexity index is 449. The minimum absolute atomic E-state index is 0.238. The molecule has 6 nitrogen and oxygen atoms in total. The molecule has 0 bridgehead atoms. The fourth-order valence-electron chi connectivity index (χ4n) is 1.90. The first-order valence-corrected chi connectivity index (χ1v) is 7.03. The molecule has 0 fully saturated rings. The maximum absolute atomic E-state index is 11.7. The number of aromatic nitrogens is 2. The van der Waals surface area contributed by atoms with Crippen molar-refractivity contribution in [2.45, 2.75) is 46.6 Å². The summed E-state index contributed by atoms with van der Waals surface area (Å²) in [4.78, 5) is 20.2. The number of nitrogens with zero attached hydrogens (tertiary/aromatic N) is 2. The van der Waals surface area contributed by atoms with Crippen molar-refractivity contribution in [3.05, 3.63) is 11.9 Å². The largest absolute Gasteiger partial charge is 0.464 e. The molecule has 0 aliphatic heterocycles. The van der Waals surface area contributed by atoms with Gasteiger partial charge in [0.15, 0.2) is 0 Å². The molecule has 6 heteroatoms. The molecule has 0 aliphatic carbocycles. The summed E-state index contributed by atoms with van der Waals surface area (Å²) in [5, 5.41) is 6.33. The van der Waals surface area contributed by atoms with E-state index in [-0.39, 0.29) is 11.9 Å². The van der Waals surface area contributed by atoms with Crippen LogP contribution in [0.3, 0.4) is 0 Å². The first-order valence-electron chi connectivity index (χ1n) is 7.03. The van der Waals surface area contributed by atoms with Gasteiger partial charge in [0.1, 0.15) is 24.0 Å². The monoisotopic (exact) mass is 280 g/mol. The number of carbonyl (C=O) groups excluding carboxylic acids is 1. The molecule has 1 aromatic heterocycles. The Labute approximate surface area is 120 Å². The minimum atomic E-state index is -0.447. The van der Waals surface area contributed by atoms with Gasteiger partial charge in [0.05, 0.1) is 6.61 Å². The smallest absolute Gasteiger partial charge is 0.328 e. The van der Waals surface area contributed by atoms with Gasteiger partial charge < -0.3 is 15.4 Å². The Morgan fingerprint density at radius 3 is 2.45 bits per heavy atom. The van der Waals surface area contributed by atoms with Crippen molar-refractivity contribution in [3.63, 3.8) is 0 Å². The molecule has 1 atom stereocenters. The highest BCUT2D eigenvalue weighted by Crippen LogP contribution is 2.28. The van der Waals surface area contributed by atoms with E-state index < -0.39 is 6.04 Å². The lowest BCUT2D eigenvalue weighted by Crippen LogP contribution is -2.29. The summed E-state index contributed by atoms with van der Waals surface area (Å²) in [6.07, 6.45) is 1.49. The first-order chi connectivity index (χ1) is 9.51. The van der Waals surface area contributed by atoms with E-state index in [1.54, 1.807) is 13.8 Å². The third-order valence-electron chi connectivity index (χ3n) is 2.80. The van der Waals surface area contributed by atoms with Crippen LogP contribution < -0.4 is 10.6 Å². The molecule has 1 unspecified atom stereocenters. The van der Waals surface area contributed by atoms with E-state index in [1.807, 2.05) is 6.92 Å². The Morgan fingerprint density at radius 2 is 1.90 bits per heavy atom. The molecule has 0 saturated heterocycles. The molecule has 0 aromatic carbocycles. The van der Waals surface area contributed by atoms with Crippen molar-refractivity contribution >= 4 is 17.6 Å². The summed E-state index contributed by atoms with van der Waals surface area (Å²) in [6, 6.07) is -0.447. The van der Waals surface area contributed by atoms with E-state index in [1.165, 1.54) is 6.33 Å². The summed E-state index contributed by atoms with van der Waals surface area (Å²) >= 11 is 0. The molecule has 112 valence electrons. The van der Waals surface area contributed by atoms with E-state index in [9.17, 15) is 4.79 Å². The van der Waals surface area contributed by atoms with Gasteiger partial charge in [-0.1, -0.05) is 13.8 Å². The van der Waals surface area contributed by atoms with Gasteiger partial charge in [-0.05, 0) is 26.7 Å². The van der Waals surface area contributed by atoms with Crippen molar-refractivity contribution < 1.29 is 9.53 Å². The van der Waals surface area contributed by atoms with Gasteiger partial charge in [0, 0.05) is 12.1 Å². The third-order valence-corrected chi connectivity index (χ3v) is 2.80. The van der Waals surface area contributed by atoms with Gasteiger partial charge in [-0.2, -0.15) is 0 Å². The topological polar surface area (TPSA) is 76.1 Å². The van der Waals surface area contributed by atoms with E-state index >= 15 is 0 Å². The zero-order valence-corrected chi connectivity index (χ0v) is 12.9. The van der Waals surface area contributed by atoms with Gasteiger partial charge in [0.2, 0.25) is 0 Å². The highest BCUT2D eigenvalue weighted by atomic mass is 16.5. The third kappa shape index (κ3) is 4.08. The van der Waals surface area contributed by atoms with Gasteiger partial charge in [0.25, 0.3) is 0 Å². The lowest BCUT2D eigenvalue weighted by Gasteiger charge is -2.19. The standard InChI is InChI=1S/C14H24N4O2/c1-6-15-12-11(9(3)4)13(17-8-16-12)18-10(5)14(19)20-7-2/h8-10H,6-7H2,1-5H3,(H2,15,16,17,18). The van der Waals surface area contributed by atoms with Gasteiger partial charge in [-0.25, -0.2) is 14.8 Å². The predicted molar refractivity (Wildman–Crippen MR) is 80.0 cm³/mol. The Kier molecular flexibility index (Phi) is 6.21. The fraction of sp³-hybridized carbons (Fsp3) is 0.643. The van der Waals surface area contributed by atoms with Crippen molar-refractivity contribution in [2.24, 2.45) is 0 Å². The van der Waals surface area contributed by atoms with Crippen molar-refractivity contribution in [3.8, 4) is 0 Å². The van der Waals surface area contributed by atoms with E-state index in [0.717, 1.165) is 17.9 Å². The molecule has 0 aliphatic rings. The number of esters is 1. The molecule has 1 heterocycles. The molecule has 0 amide bonds. The number of nitrogens with one attached hydrogen (secondary N) is 2.